The van der Waals surface area contributed by atoms with E-state index in [2.05, 4.69) is 0 Å². The maximum atomic E-state index is 12.5. The van der Waals surface area contributed by atoms with Gasteiger partial charge in [0.15, 0.2) is 6.29 Å². The van der Waals surface area contributed by atoms with Crippen LogP contribution < -0.4 is 0 Å². The molecule has 38 heavy (non-hydrogen) atoms. The summed E-state index contributed by atoms with van der Waals surface area (Å²) in [5.41, 5.74) is 1.88. The Hall–Kier alpha value is -2.79. The van der Waals surface area contributed by atoms with Crippen LogP contribution in [-0.2, 0) is 39.8 Å². The van der Waals surface area contributed by atoms with Crippen molar-refractivity contribution >= 4 is 5.97 Å². The minimum Gasteiger partial charge on any atom is -0.481 e. The molecule has 0 aromatic heterocycles. The lowest BCUT2D eigenvalue weighted by molar-refractivity contribution is -0.289. The summed E-state index contributed by atoms with van der Waals surface area (Å²) in [5, 5.41) is 21.2. The molecule has 0 aliphatic carbocycles. The Bertz CT molecular complexity index is 1080. The van der Waals surface area contributed by atoms with Crippen LogP contribution >= 0.6 is 0 Å². The number of rotatable bonds is 5. The van der Waals surface area contributed by atoms with Crippen LogP contribution in [-0.4, -0.2) is 72.6 Å². The summed E-state index contributed by atoms with van der Waals surface area (Å²) in [7, 11) is 1.26. The third-order valence-electron chi connectivity index (χ3n) is 7.16. The first-order valence-corrected chi connectivity index (χ1v) is 13.0. The van der Waals surface area contributed by atoms with Crippen molar-refractivity contribution in [2.75, 3.05) is 13.7 Å². The normalized spacial score (nSPS) is 35.0. The van der Waals surface area contributed by atoms with Gasteiger partial charge in [0.2, 0.25) is 5.76 Å². The summed E-state index contributed by atoms with van der Waals surface area (Å²) in [5.74, 6) is -0.704. The van der Waals surface area contributed by atoms with Crippen molar-refractivity contribution in [3.8, 4) is 0 Å². The zero-order chi connectivity index (χ0) is 26.5. The maximum absolute atomic E-state index is 12.5. The van der Waals surface area contributed by atoms with Crippen molar-refractivity contribution < 1.29 is 43.4 Å². The average molecular weight is 527 g/mol. The first-order chi connectivity index (χ1) is 18.5. The molecule has 2 saturated heterocycles. The number of methoxy groups -OCH3 is 1. The second-order valence-corrected chi connectivity index (χ2v) is 9.78. The van der Waals surface area contributed by atoms with E-state index in [0.717, 1.165) is 11.1 Å². The molecule has 0 spiro atoms. The summed E-state index contributed by atoms with van der Waals surface area (Å²) in [6.07, 6.45) is -3.72. The molecule has 0 bridgehead atoms. The summed E-state index contributed by atoms with van der Waals surface area (Å²) in [4.78, 5) is 12.5. The van der Waals surface area contributed by atoms with Crippen LogP contribution in [0.1, 0.15) is 36.7 Å². The Morgan fingerprint density at radius 2 is 1.66 bits per heavy atom. The van der Waals surface area contributed by atoms with Gasteiger partial charge in [0.05, 0.1) is 44.7 Å². The average Bonchev–Trinajstić information content (AvgIpc) is 3.06. The molecule has 0 saturated carbocycles. The van der Waals surface area contributed by atoms with Gasteiger partial charge in [-0.05, 0) is 18.1 Å². The fraction of sp³-hybridized carbons (Fsp3) is 0.483. The summed E-state index contributed by atoms with van der Waals surface area (Å²) >= 11 is 0. The predicted octanol–water partition coefficient (Wildman–Crippen LogP) is 2.80. The molecule has 0 amide bonds. The third-order valence-corrected chi connectivity index (χ3v) is 7.16. The number of fused-ring (bicyclic) bond motifs is 2. The van der Waals surface area contributed by atoms with Gasteiger partial charge >= 0.3 is 5.97 Å². The first-order valence-electron chi connectivity index (χ1n) is 13.0. The van der Waals surface area contributed by atoms with Gasteiger partial charge in [-0.3, -0.25) is 0 Å². The van der Waals surface area contributed by atoms with Gasteiger partial charge < -0.3 is 38.6 Å². The van der Waals surface area contributed by atoms with Gasteiger partial charge in [-0.15, -0.1) is 0 Å². The molecule has 0 radical (unpaired) electrons. The molecule has 3 aliphatic rings. The number of aliphatic hydroxyl groups is 2. The highest BCUT2D eigenvalue weighted by atomic mass is 16.7. The molecule has 3 aliphatic heterocycles. The van der Waals surface area contributed by atoms with Crippen LogP contribution in [0.15, 0.2) is 72.5 Å². The fourth-order valence-corrected chi connectivity index (χ4v) is 5.10. The number of carbonyl (C=O) groups excluding carboxylic acids is 1. The van der Waals surface area contributed by atoms with Crippen molar-refractivity contribution in [2.24, 2.45) is 0 Å². The van der Waals surface area contributed by atoms with Gasteiger partial charge in [-0.25, -0.2) is 4.79 Å². The first kappa shape index (κ1) is 26.8. The second-order valence-electron chi connectivity index (χ2n) is 9.78. The molecule has 9 nitrogen and oxygen atoms in total. The zero-order valence-electron chi connectivity index (χ0n) is 21.3. The number of esters is 1. The van der Waals surface area contributed by atoms with E-state index in [1.165, 1.54) is 13.2 Å². The molecule has 0 unspecified atom stereocenters. The smallest absolute Gasteiger partial charge is 0.372 e. The Balaban J connectivity index is 1.44. The Kier molecular flexibility index (Phi) is 8.73. The Labute approximate surface area is 221 Å². The van der Waals surface area contributed by atoms with Gasteiger partial charge in [0.25, 0.3) is 0 Å². The van der Waals surface area contributed by atoms with E-state index in [-0.39, 0.29) is 25.2 Å². The maximum Gasteiger partial charge on any atom is 0.372 e. The highest BCUT2D eigenvalue weighted by Gasteiger charge is 2.48. The van der Waals surface area contributed by atoms with E-state index in [4.69, 9.17) is 28.4 Å². The van der Waals surface area contributed by atoms with Gasteiger partial charge in [0, 0.05) is 18.4 Å². The van der Waals surface area contributed by atoms with E-state index < -0.39 is 55.0 Å². The molecule has 2 aromatic rings. The third kappa shape index (κ3) is 6.26. The minimum absolute atomic E-state index is 0.0368. The molecule has 2 fully saturated rings. The lowest BCUT2D eigenvalue weighted by atomic mass is 9.97. The monoisotopic (exact) mass is 526 g/mol. The summed E-state index contributed by atoms with van der Waals surface area (Å²) in [6, 6.07) is 19.5. The second kappa shape index (κ2) is 12.4. The summed E-state index contributed by atoms with van der Waals surface area (Å²) in [6.45, 7) is 0.574. The van der Waals surface area contributed by atoms with Crippen LogP contribution in [0.4, 0.5) is 0 Å². The molecule has 2 aromatic carbocycles. The summed E-state index contributed by atoms with van der Waals surface area (Å²) < 4.78 is 36.4. The number of benzene rings is 2. The molecule has 9 heteroatoms. The van der Waals surface area contributed by atoms with E-state index in [0.29, 0.717) is 13.0 Å². The largest absolute Gasteiger partial charge is 0.481 e. The number of hydrogen-bond acceptors (Lipinski definition) is 9. The topological polar surface area (TPSA) is 113 Å². The highest BCUT2D eigenvalue weighted by molar-refractivity contribution is 5.86. The van der Waals surface area contributed by atoms with Crippen LogP contribution in [0, 0.1) is 0 Å². The molecular weight excluding hydrogens is 492 g/mol. The fourth-order valence-electron chi connectivity index (χ4n) is 5.10. The molecule has 2 N–H and O–H groups in total. The number of hydrogen-bond donors (Lipinski definition) is 2. The quantitative estimate of drug-likeness (QED) is 0.568. The lowest BCUT2D eigenvalue weighted by Crippen LogP contribution is -2.49. The van der Waals surface area contributed by atoms with E-state index in [9.17, 15) is 15.0 Å². The highest BCUT2D eigenvalue weighted by Crippen LogP contribution is 2.37. The SMILES string of the molecule is COC(=O)/C1=C/C[C@H](O)[C@H](O)C[C@@H]2O[C@@H]3CO[C@@H](c4ccccc4)O[C@H]3[C@H](OCc3ccccc3)C[C@H]2O1. The van der Waals surface area contributed by atoms with Crippen LogP contribution in [0.2, 0.25) is 0 Å². The van der Waals surface area contributed by atoms with E-state index >= 15 is 0 Å². The van der Waals surface area contributed by atoms with Crippen LogP contribution in [0.25, 0.3) is 0 Å². The minimum atomic E-state index is -1.09. The van der Waals surface area contributed by atoms with Crippen molar-refractivity contribution in [2.45, 2.75) is 74.9 Å². The predicted molar refractivity (Wildman–Crippen MR) is 135 cm³/mol. The standard InChI is InChI=1S/C29H34O9/c1-33-28(32)22-13-12-20(30)21(31)14-23-24(36-22)15-25(34-16-18-8-4-2-5-9-18)27-26(37-23)17-35-29(38-27)19-10-6-3-7-11-19/h2-11,13,20-21,23-27,29-31H,12,14-17H2,1H3/b22-13-/t20-,21+,23-,24+,25+,26+,27-,29+/m0/s1. The van der Waals surface area contributed by atoms with Crippen molar-refractivity contribution in [3.05, 3.63) is 83.6 Å². The number of ether oxygens (including phenoxy) is 6. The van der Waals surface area contributed by atoms with Crippen molar-refractivity contribution in [1.82, 2.24) is 0 Å². The van der Waals surface area contributed by atoms with Gasteiger partial charge in [0.1, 0.15) is 18.3 Å². The van der Waals surface area contributed by atoms with E-state index in [1.54, 1.807) is 0 Å². The van der Waals surface area contributed by atoms with Gasteiger partial charge in [-0.2, -0.15) is 0 Å². The molecule has 5 rings (SSSR count). The molecule has 3 heterocycles. The van der Waals surface area contributed by atoms with Crippen molar-refractivity contribution in [1.29, 1.82) is 0 Å². The Morgan fingerprint density at radius 3 is 2.39 bits per heavy atom. The zero-order valence-corrected chi connectivity index (χ0v) is 21.3. The number of aliphatic hydroxyl groups excluding tert-OH is 2. The van der Waals surface area contributed by atoms with Crippen LogP contribution in [0.3, 0.4) is 0 Å². The molecule has 204 valence electrons. The number of carbonyl (C=O) groups is 1. The Morgan fingerprint density at radius 1 is 0.921 bits per heavy atom. The van der Waals surface area contributed by atoms with E-state index in [1.807, 2.05) is 60.7 Å². The van der Waals surface area contributed by atoms with Crippen molar-refractivity contribution in [3.63, 3.8) is 0 Å². The van der Waals surface area contributed by atoms with Crippen LogP contribution in [0.5, 0.6) is 0 Å². The lowest BCUT2D eigenvalue weighted by Gasteiger charge is -2.39. The molecular formula is C29H34O9. The van der Waals surface area contributed by atoms with Gasteiger partial charge in [-0.1, -0.05) is 60.7 Å². The molecule has 8 atom stereocenters.